The lowest BCUT2D eigenvalue weighted by molar-refractivity contribution is 0.122. The normalized spacial score (nSPS) is 16.3. The first kappa shape index (κ1) is 20.7. The van der Waals surface area contributed by atoms with Crippen LogP contribution in [-0.4, -0.2) is 62.6 Å². The minimum Gasteiger partial charge on any atom is -0.508 e. The molecular formula is C23H24N4O4S. The van der Waals surface area contributed by atoms with Gasteiger partial charge >= 0.3 is 0 Å². The van der Waals surface area contributed by atoms with Crippen molar-refractivity contribution in [1.29, 1.82) is 0 Å². The second-order valence-electron chi connectivity index (χ2n) is 7.99. The van der Waals surface area contributed by atoms with Crippen LogP contribution in [0.1, 0.15) is 5.56 Å². The number of nitrogens with zero attached hydrogens (tertiary/aromatic N) is 4. The molecule has 0 radical (unpaired) electrons. The number of hydrogen-bond donors (Lipinski definition) is 1. The van der Waals surface area contributed by atoms with Gasteiger partial charge in [0.15, 0.2) is 9.84 Å². The molecule has 3 aromatic rings. The summed E-state index contributed by atoms with van der Waals surface area (Å²) in [6, 6.07) is 14.0. The summed E-state index contributed by atoms with van der Waals surface area (Å²) in [7, 11) is -3.26. The number of benzene rings is 2. The van der Waals surface area contributed by atoms with Crippen molar-refractivity contribution in [2.24, 2.45) is 0 Å². The topological polar surface area (TPSA) is 95.9 Å². The molecule has 1 aromatic heterocycles. The summed E-state index contributed by atoms with van der Waals surface area (Å²) < 4.78 is 29.2. The van der Waals surface area contributed by atoms with Crippen molar-refractivity contribution in [2.75, 3.05) is 48.9 Å². The standard InChI is InChI=1S/C23H24N4O4S/c1-32(29,30)19-7-5-17(6-8-19)27-10-9-20-21(16-3-2-4-18(28)15-16)24-23(25-22(20)27)26-11-13-31-14-12-26/h2-8,15,28H,9-14H2,1H3. The van der Waals surface area contributed by atoms with Crippen LogP contribution in [0.15, 0.2) is 53.4 Å². The predicted molar refractivity (Wildman–Crippen MR) is 122 cm³/mol. The van der Waals surface area contributed by atoms with Gasteiger partial charge in [0.2, 0.25) is 5.95 Å². The lowest BCUT2D eigenvalue weighted by Crippen LogP contribution is -2.37. The largest absolute Gasteiger partial charge is 0.508 e. The van der Waals surface area contributed by atoms with Crippen molar-refractivity contribution in [3.8, 4) is 17.0 Å². The van der Waals surface area contributed by atoms with Crippen LogP contribution < -0.4 is 9.80 Å². The van der Waals surface area contributed by atoms with E-state index in [-0.39, 0.29) is 10.6 Å². The molecule has 2 aliphatic rings. The van der Waals surface area contributed by atoms with Crippen LogP contribution in [0, 0.1) is 0 Å². The highest BCUT2D eigenvalue weighted by molar-refractivity contribution is 7.90. The Hall–Kier alpha value is -3.17. The van der Waals surface area contributed by atoms with E-state index in [0.717, 1.165) is 34.7 Å². The highest BCUT2D eigenvalue weighted by Crippen LogP contribution is 2.40. The molecule has 0 unspecified atom stereocenters. The molecule has 32 heavy (non-hydrogen) atoms. The molecule has 0 aliphatic carbocycles. The van der Waals surface area contributed by atoms with Gasteiger partial charge in [0.25, 0.3) is 0 Å². The summed E-state index contributed by atoms with van der Waals surface area (Å²) in [6.45, 7) is 3.38. The molecule has 5 rings (SSSR count). The number of rotatable bonds is 4. The Morgan fingerprint density at radius 3 is 2.44 bits per heavy atom. The Labute approximate surface area is 187 Å². The van der Waals surface area contributed by atoms with Crippen molar-refractivity contribution in [3.05, 3.63) is 54.1 Å². The van der Waals surface area contributed by atoms with E-state index in [9.17, 15) is 13.5 Å². The van der Waals surface area contributed by atoms with Crippen molar-refractivity contribution in [3.63, 3.8) is 0 Å². The fourth-order valence-electron chi connectivity index (χ4n) is 4.16. The zero-order valence-corrected chi connectivity index (χ0v) is 18.5. The van der Waals surface area contributed by atoms with Crippen LogP contribution in [0.5, 0.6) is 5.75 Å². The smallest absolute Gasteiger partial charge is 0.228 e. The third kappa shape index (κ3) is 3.89. The quantitative estimate of drug-likeness (QED) is 0.646. The summed E-state index contributed by atoms with van der Waals surface area (Å²) in [4.78, 5) is 14.3. The number of fused-ring (bicyclic) bond motifs is 1. The molecule has 166 valence electrons. The first-order valence-electron chi connectivity index (χ1n) is 10.5. The highest BCUT2D eigenvalue weighted by atomic mass is 32.2. The molecule has 3 heterocycles. The number of phenolic OH excluding ortho intramolecular Hbond substituents is 1. The van der Waals surface area contributed by atoms with Gasteiger partial charge in [-0.3, -0.25) is 0 Å². The lowest BCUT2D eigenvalue weighted by Gasteiger charge is -2.28. The monoisotopic (exact) mass is 452 g/mol. The Bertz CT molecular complexity index is 1260. The summed E-state index contributed by atoms with van der Waals surface area (Å²) in [5, 5.41) is 10.0. The summed E-state index contributed by atoms with van der Waals surface area (Å²) in [5.74, 6) is 1.63. The Morgan fingerprint density at radius 1 is 1.00 bits per heavy atom. The molecule has 2 aliphatic heterocycles. The first-order chi connectivity index (χ1) is 15.4. The van der Waals surface area contributed by atoms with E-state index >= 15 is 0 Å². The van der Waals surface area contributed by atoms with Gasteiger partial charge in [0, 0.05) is 42.7 Å². The minimum atomic E-state index is -3.26. The number of aromatic nitrogens is 2. The van der Waals surface area contributed by atoms with Crippen LogP contribution in [0.3, 0.4) is 0 Å². The maximum absolute atomic E-state index is 11.8. The van der Waals surface area contributed by atoms with E-state index in [4.69, 9.17) is 14.7 Å². The first-order valence-corrected chi connectivity index (χ1v) is 12.4. The molecule has 0 amide bonds. The van der Waals surface area contributed by atoms with Crippen molar-refractivity contribution in [2.45, 2.75) is 11.3 Å². The average Bonchev–Trinajstić information content (AvgIpc) is 3.22. The molecule has 1 fully saturated rings. The molecule has 0 saturated carbocycles. The molecule has 1 saturated heterocycles. The molecular weight excluding hydrogens is 428 g/mol. The van der Waals surface area contributed by atoms with E-state index < -0.39 is 9.84 Å². The number of morpholine rings is 1. The van der Waals surface area contributed by atoms with Gasteiger partial charge in [-0.1, -0.05) is 12.1 Å². The van der Waals surface area contributed by atoms with E-state index in [0.29, 0.717) is 38.8 Å². The number of ether oxygens (including phenoxy) is 1. The van der Waals surface area contributed by atoms with Crippen LogP contribution in [-0.2, 0) is 21.0 Å². The minimum absolute atomic E-state index is 0.189. The van der Waals surface area contributed by atoms with Gasteiger partial charge in [-0.2, -0.15) is 4.98 Å². The highest BCUT2D eigenvalue weighted by Gasteiger charge is 2.29. The summed E-state index contributed by atoms with van der Waals surface area (Å²) in [5.41, 5.74) is 3.54. The van der Waals surface area contributed by atoms with E-state index in [2.05, 4.69) is 9.80 Å². The summed E-state index contributed by atoms with van der Waals surface area (Å²) >= 11 is 0. The number of phenols is 1. The molecule has 1 N–H and O–H groups in total. The van der Waals surface area contributed by atoms with Crippen LogP contribution in [0.4, 0.5) is 17.5 Å². The molecule has 8 nitrogen and oxygen atoms in total. The van der Waals surface area contributed by atoms with Crippen molar-refractivity contribution in [1.82, 2.24) is 9.97 Å². The van der Waals surface area contributed by atoms with Gasteiger partial charge < -0.3 is 19.6 Å². The number of sulfone groups is 1. The molecule has 9 heteroatoms. The number of hydrogen-bond acceptors (Lipinski definition) is 8. The lowest BCUT2D eigenvalue weighted by atomic mass is 10.1. The molecule has 0 atom stereocenters. The van der Waals surface area contributed by atoms with Gasteiger partial charge in [-0.25, -0.2) is 13.4 Å². The zero-order chi connectivity index (χ0) is 22.3. The SMILES string of the molecule is CS(=O)(=O)c1ccc(N2CCc3c(-c4cccc(O)c4)nc(N4CCOCC4)nc32)cc1. The van der Waals surface area contributed by atoms with Crippen molar-refractivity contribution >= 4 is 27.3 Å². The molecule has 0 bridgehead atoms. The average molecular weight is 453 g/mol. The number of aromatic hydroxyl groups is 1. The Balaban J connectivity index is 1.61. The Morgan fingerprint density at radius 2 is 1.75 bits per heavy atom. The molecule has 0 spiro atoms. The zero-order valence-electron chi connectivity index (χ0n) is 17.7. The van der Waals surface area contributed by atoms with E-state index in [1.165, 1.54) is 6.26 Å². The second-order valence-corrected chi connectivity index (χ2v) is 10.0. The van der Waals surface area contributed by atoms with Crippen LogP contribution in [0.2, 0.25) is 0 Å². The third-order valence-electron chi connectivity index (χ3n) is 5.80. The maximum atomic E-state index is 11.8. The summed E-state index contributed by atoms with van der Waals surface area (Å²) in [6.07, 6.45) is 1.95. The van der Waals surface area contributed by atoms with E-state index in [1.54, 1.807) is 24.3 Å². The fourth-order valence-corrected chi connectivity index (χ4v) is 4.80. The second kappa shape index (κ2) is 8.07. The Kier molecular flexibility index (Phi) is 5.22. The number of anilines is 3. The van der Waals surface area contributed by atoms with Gasteiger partial charge in [0.05, 0.1) is 23.8 Å². The van der Waals surface area contributed by atoms with Gasteiger partial charge in [0.1, 0.15) is 11.6 Å². The maximum Gasteiger partial charge on any atom is 0.228 e. The van der Waals surface area contributed by atoms with Gasteiger partial charge in [-0.05, 0) is 42.8 Å². The van der Waals surface area contributed by atoms with E-state index in [1.807, 2.05) is 24.3 Å². The fraction of sp³-hybridized carbons (Fsp3) is 0.304. The van der Waals surface area contributed by atoms with Gasteiger partial charge in [-0.15, -0.1) is 0 Å². The predicted octanol–water partition coefficient (Wildman–Crippen LogP) is 2.78. The van der Waals surface area contributed by atoms with Crippen LogP contribution >= 0.6 is 0 Å². The third-order valence-corrected chi connectivity index (χ3v) is 6.93. The molecule has 2 aromatic carbocycles. The van der Waals surface area contributed by atoms with Crippen LogP contribution in [0.25, 0.3) is 11.3 Å². The van der Waals surface area contributed by atoms with Crippen molar-refractivity contribution < 1.29 is 18.3 Å².